The molecule has 0 spiro atoms. The highest BCUT2D eigenvalue weighted by atomic mass is 32.1. The molecule has 0 unspecified atom stereocenters. The van der Waals surface area contributed by atoms with Crippen LogP contribution in [0.5, 0.6) is 0 Å². The van der Waals surface area contributed by atoms with Crippen LogP contribution in [0.2, 0.25) is 0 Å². The number of thiazole rings is 1. The highest BCUT2D eigenvalue weighted by Gasteiger charge is 2.25. The Morgan fingerprint density at radius 1 is 1.17 bits per heavy atom. The van der Waals surface area contributed by atoms with E-state index in [2.05, 4.69) is 25.1 Å². The molecular weight excluding hydrogens is 398 g/mol. The Morgan fingerprint density at radius 3 is 2.77 bits per heavy atom. The largest absolute Gasteiger partial charge is 0.422 e. The molecule has 0 bridgehead atoms. The van der Waals surface area contributed by atoms with Crippen molar-refractivity contribution in [1.29, 1.82) is 0 Å². The van der Waals surface area contributed by atoms with E-state index in [4.69, 9.17) is 4.42 Å². The number of nitrogens with zero attached hydrogens (tertiary/aromatic N) is 2. The van der Waals surface area contributed by atoms with Crippen molar-refractivity contribution in [3.8, 4) is 0 Å². The number of para-hydroxylation sites is 1. The smallest absolute Gasteiger partial charge is 0.349 e. The average Bonchev–Trinajstić information content (AvgIpc) is 3.12. The van der Waals surface area contributed by atoms with Gasteiger partial charge in [-0.25, -0.2) is 9.78 Å². The van der Waals surface area contributed by atoms with Gasteiger partial charge in [0, 0.05) is 18.4 Å². The lowest BCUT2D eigenvalue weighted by Crippen LogP contribution is -3.05. The minimum Gasteiger partial charge on any atom is -0.422 e. The number of quaternary nitrogens is 1. The standard InChI is InChI=1S/C23H23N3O3S/c1-15-9-10-18-20(13-15)30-23(24-18)26(12-6-11-25(2)3)21(27)17-14-16-7-4-5-8-19(16)29-22(17)28/h4-5,7-10,13-14H,6,11-12H2,1-3H3/p+1. The first-order valence-corrected chi connectivity index (χ1v) is 10.7. The summed E-state index contributed by atoms with van der Waals surface area (Å²) in [5.74, 6) is -0.376. The lowest BCUT2D eigenvalue weighted by molar-refractivity contribution is -0.858. The lowest BCUT2D eigenvalue weighted by atomic mass is 10.1. The second kappa shape index (κ2) is 8.38. The molecule has 4 aromatic rings. The number of hydrogen-bond acceptors (Lipinski definition) is 5. The monoisotopic (exact) mass is 422 g/mol. The Labute approximate surface area is 178 Å². The number of anilines is 1. The zero-order chi connectivity index (χ0) is 21.3. The molecule has 0 aliphatic carbocycles. The number of hydrogen-bond donors (Lipinski definition) is 1. The maximum atomic E-state index is 13.5. The van der Waals surface area contributed by atoms with Crippen molar-refractivity contribution in [2.24, 2.45) is 0 Å². The van der Waals surface area contributed by atoms with Gasteiger partial charge in [-0.15, -0.1) is 0 Å². The number of nitrogens with one attached hydrogen (secondary N) is 1. The molecule has 0 aliphatic rings. The van der Waals surface area contributed by atoms with Gasteiger partial charge in [-0.3, -0.25) is 9.69 Å². The SMILES string of the molecule is Cc1ccc2nc(N(CCC[NH+](C)C)C(=O)c3cc4ccccc4oc3=O)sc2c1. The summed E-state index contributed by atoms with van der Waals surface area (Å²) in [5.41, 5.74) is 1.86. The third kappa shape index (κ3) is 4.13. The summed E-state index contributed by atoms with van der Waals surface area (Å²) >= 11 is 1.47. The molecule has 7 heteroatoms. The van der Waals surface area contributed by atoms with Gasteiger partial charge in [-0.05, 0) is 36.8 Å². The molecule has 154 valence electrons. The molecule has 0 aliphatic heterocycles. The minimum absolute atomic E-state index is 0.0290. The Bertz CT molecular complexity index is 1280. The third-order valence-electron chi connectivity index (χ3n) is 4.94. The van der Waals surface area contributed by atoms with Crippen LogP contribution in [-0.2, 0) is 0 Å². The van der Waals surface area contributed by atoms with Crippen molar-refractivity contribution in [3.63, 3.8) is 0 Å². The molecule has 2 aromatic heterocycles. The molecule has 0 radical (unpaired) electrons. The van der Waals surface area contributed by atoms with Gasteiger partial charge < -0.3 is 9.32 Å². The van der Waals surface area contributed by atoms with E-state index in [-0.39, 0.29) is 11.5 Å². The average molecular weight is 423 g/mol. The van der Waals surface area contributed by atoms with Crippen LogP contribution in [0.4, 0.5) is 5.13 Å². The quantitative estimate of drug-likeness (QED) is 0.485. The van der Waals surface area contributed by atoms with E-state index in [1.807, 2.05) is 31.2 Å². The van der Waals surface area contributed by atoms with Gasteiger partial charge in [0.05, 0.1) is 30.9 Å². The van der Waals surface area contributed by atoms with Crippen molar-refractivity contribution < 1.29 is 14.1 Å². The Balaban J connectivity index is 1.75. The van der Waals surface area contributed by atoms with Gasteiger partial charge in [0.25, 0.3) is 5.91 Å². The van der Waals surface area contributed by atoms with Gasteiger partial charge in [0.15, 0.2) is 5.13 Å². The van der Waals surface area contributed by atoms with Crippen LogP contribution < -0.4 is 15.4 Å². The van der Waals surface area contributed by atoms with E-state index >= 15 is 0 Å². The summed E-state index contributed by atoms with van der Waals surface area (Å²) < 4.78 is 6.41. The maximum absolute atomic E-state index is 13.5. The molecule has 0 saturated carbocycles. The van der Waals surface area contributed by atoms with Crippen LogP contribution in [0.1, 0.15) is 22.3 Å². The second-order valence-corrected chi connectivity index (χ2v) is 8.73. The van der Waals surface area contributed by atoms with Gasteiger partial charge in [-0.1, -0.05) is 35.6 Å². The molecule has 1 amide bonds. The van der Waals surface area contributed by atoms with Crippen LogP contribution in [0.3, 0.4) is 0 Å². The summed E-state index contributed by atoms with van der Waals surface area (Å²) in [6, 6.07) is 14.8. The van der Waals surface area contributed by atoms with Crippen molar-refractivity contribution in [2.45, 2.75) is 13.3 Å². The molecule has 6 nitrogen and oxygen atoms in total. The predicted octanol–water partition coefficient (Wildman–Crippen LogP) is 2.89. The number of aromatic nitrogens is 1. The molecule has 4 rings (SSSR count). The van der Waals surface area contributed by atoms with Crippen LogP contribution in [0, 0.1) is 6.92 Å². The van der Waals surface area contributed by atoms with E-state index in [9.17, 15) is 9.59 Å². The highest BCUT2D eigenvalue weighted by molar-refractivity contribution is 7.22. The summed E-state index contributed by atoms with van der Waals surface area (Å²) in [7, 11) is 4.15. The van der Waals surface area contributed by atoms with Gasteiger partial charge in [0.1, 0.15) is 11.1 Å². The molecule has 0 atom stereocenters. The van der Waals surface area contributed by atoms with Gasteiger partial charge >= 0.3 is 5.63 Å². The number of rotatable bonds is 6. The number of fused-ring (bicyclic) bond motifs is 2. The Kier molecular flexibility index (Phi) is 5.65. The molecule has 30 heavy (non-hydrogen) atoms. The zero-order valence-electron chi connectivity index (χ0n) is 17.3. The molecular formula is C23H24N3O3S+. The van der Waals surface area contributed by atoms with Crippen LogP contribution >= 0.6 is 11.3 Å². The first-order chi connectivity index (χ1) is 14.4. The van der Waals surface area contributed by atoms with Crippen molar-refractivity contribution in [2.75, 3.05) is 32.1 Å². The van der Waals surface area contributed by atoms with Gasteiger partial charge in [0.2, 0.25) is 0 Å². The minimum atomic E-state index is -0.626. The molecule has 0 fully saturated rings. The topological polar surface area (TPSA) is 67.8 Å². The van der Waals surface area contributed by atoms with E-state index < -0.39 is 5.63 Å². The van der Waals surface area contributed by atoms with Crippen molar-refractivity contribution in [3.05, 3.63) is 70.1 Å². The molecule has 2 heterocycles. The normalized spacial score (nSPS) is 11.5. The van der Waals surface area contributed by atoms with Crippen LogP contribution in [0.15, 0.2) is 57.7 Å². The predicted molar refractivity (Wildman–Crippen MR) is 121 cm³/mol. The zero-order valence-corrected chi connectivity index (χ0v) is 18.1. The first kappa shape index (κ1) is 20.3. The number of carbonyl (C=O) groups excluding carboxylic acids is 1. The fourth-order valence-electron chi connectivity index (χ4n) is 3.37. The maximum Gasteiger partial charge on any atom is 0.349 e. The highest BCUT2D eigenvalue weighted by Crippen LogP contribution is 2.30. The van der Waals surface area contributed by atoms with Crippen molar-refractivity contribution >= 4 is 43.6 Å². The van der Waals surface area contributed by atoms with E-state index in [0.717, 1.165) is 34.1 Å². The first-order valence-electron chi connectivity index (χ1n) is 9.93. The number of carbonyl (C=O) groups is 1. The number of aryl methyl sites for hydroxylation is 1. The van der Waals surface area contributed by atoms with Crippen LogP contribution in [-0.4, -0.2) is 38.1 Å². The van der Waals surface area contributed by atoms with E-state index in [1.54, 1.807) is 23.1 Å². The third-order valence-corrected chi connectivity index (χ3v) is 5.98. The second-order valence-electron chi connectivity index (χ2n) is 7.72. The summed E-state index contributed by atoms with van der Waals surface area (Å²) in [6.07, 6.45) is 0.794. The summed E-state index contributed by atoms with van der Waals surface area (Å²) in [6.45, 7) is 3.41. The fraction of sp³-hybridized carbons (Fsp3) is 0.261. The Hall–Kier alpha value is -3.03. The van der Waals surface area contributed by atoms with E-state index in [0.29, 0.717) is 17.3 Å². The van der Waals surface area contributed by atoms with E-state index in [1.165, 1.54) is 16.2 Å². The molecule has 0 saturated heterocycles. The van der Waals surface area contributed by atoms with Gasteiger partial charge in [-0.2, -0.15) is 0 Å². The van der Waals surface area contributed by atoms with Crippen LogP contribution in [0.25, 0.3) is 21.2 Å². The number of benzene rings is 2. The number of amides is 1. The van der Waals surface area contributed by atoms with Crippen molar-refractivity contribution in [1.82, 2.24) is 4.98 Å². The summed E-state index contributed by atoms with van der Waals surface area (Å²) in [5, 5.41) is 1.32. The molecule has 2 aromatic carbocycles. The lowest BCUT2D eigenvalue weighted by Gasteiger charge is -2.20. The fourth-order valence-corrected chi connectivity index (χ4v) is 4.45. The Morgan fingerprint density at radius 2 is 1.97 bits per heavy atom. The molecule has 1 N–H and O–H groups in total. The summed E-state index contributed by atoms with van der Waals surface area (Å²) in [4.78, 5) is 33.6.